The van der Waals surface area contributed by atoms with Gasteiger partial charge in [0.15, 0.2) is 0 Å². The number of hydrogen-bond acceptors (Lipinski definition) is 2. The van der Waals surface area contributed by atoms with Crippen molar-refractivity contribution in [1.29, 1.82) is 0 Å². The minimum absolute atomic E-state index is 0.188. The van der Waals surface area contributed by atoms with Gasteiger partial charge in [-0.2, -0.15) is 0 Å². The summed E-state index contributed by atoms with van der Waals surface area (Å²) in [6.45, 7) is 2.06. The molecule has 1 saturated heterocycles. The highest BCUT2D eigenvalue weighted by Gasteiger charge is 2.39. The molecule has 0 radical (unpaired) electrons. The molecule has 2 aliphatic carbocycles. The van der Waals surface area contributed by atoms with Gasteiger partial charge in [0.05, 0.1) is 6.10 Å². The van der Waals surface area contributed by atoms with Gasteiger partial charge in [0, 0.05) is 11.6 Å². The van der Waals surface area contributed by atoms with Gasteiger partial charge in [-0.1, -0.05) is 24.3 Å². The average molecular weight is 173 g/mol. The average Bonchev–Trinajstić information content (AvgIpc) is 2.60. The van der Waals surface area contributed by atoms with Crippen molar-refractivity contribution in [2.75, 3.05) is 0 Å². The predicted molar refractivity (Wildman–Crippen MR) is 53.0 cm³/mol. The third-order valence-electron chi connectivity index (χ3n) is 2.96. The SMILES string of the molecule is CB1NC2=C3C=CC=CC3CC2O1. The molecule has 0 aromatic rings. The maximum Gasteiger partial charge on any atom is 0.409 e. The van der Waals surface area contributed by atoms with Gasteiger partial charge in [0.1, 0.15) is 0 Å². The molecule has 2 unspecified atom stereocenters. The van der Waals surface area contributed by atoms with Gasteiger partial charge in [-0.25, -0.2) is 0 Å². The Hall–Kier alpha value is -0.955. The molecule has 66 valence electrons. The van der Waals surface area contributed by atoms with Crippen molar-refractivity contribution in [2.24, 2.45) is 5.92 Å². The standard InChI is InChI=1S/C10H12BNO/c1-11-12-10-8-5-3-2-4-7(8)6-9(10)13-11/h2-5,7,9,12H,6H2,1H3. The number of nitrogens with one attached hydrogen (secondary N) is 1. The van der Waals surface area contributed by atoms with E-state index in [1.165, 1.54) is 11.3 Å². The molecule has 1 fully saturated rings. The van der Waals surface area contributed by atoms with Crippen LogP contribution in [0.2, 0.25) is 6.82 Å². The Balaban J connectivity index is 2.01. The van der Waals surface area contributed by atoms with Gasteiger partial charge in [0.25, 0.3) is 0 Å². The molecule has 1 heterocycles. The smallest absolute Gasteiger partial charge is 0.408 e. The first kappa shape index (κ1) is 7.45. The van der Waals surface area contributed by atoms with Crippen LogP contribution < -0.4 is 5.23 Å². The van der Waals surface area contributed by atoms with Crippen LogP contribution in [0.1, 0.15) is 6.42 Å². The Morgan fingerprint density at radius 1 is 1.54 bits per heavy atom. The van der Waals surface area contributed by atoms with Crippen molar-refractivity contribution < 1.29 is 4.65 Å². The van der Waals surface area contributed by atoms with Gasteiger partial charge in [0.2, 0.25) is 0 Å². The summed E-state index contributed by atoms with van der Waals surface area (Å²) in [6.07, 6.45) is 10.1. The number of hydrogen-bond donors (Lipinski definition) is 1. The summed E-state index contributed by atoms with van der Waals surface area (Å²) in [5, 5.41) is 3.39. The molecule has 0 amide bonds. The molecule has 1 aliphatic heterocycles. The normalized spacial score (nSPS) is 35.0. The van der Waals surface area contributed by atoms with Crippen LogP contribution in [0.4, 0.5) is 0 Å². The largest absolute Gasteiger partial charge is 0.409 e. The minimum Gasteiger partial charge on any atom is -0.408 e. The molecule has 3 rings (SSSR count). The van der Waals surface area contributed by atoms with Crippen LogP contribution in [-0.4, -0.2) is 13.2 Å². The fourth-order valence-electron chi connectivity index (χ4n) is 2.41. The van der Waals surface area contributed by atoms with Crippen molar-refractivity contribution in [3.8, 4) is 0 Å². The molecule has 2 atom stereocenters. The molecule has 13 heavy (non-hydrogen) atoms. The number of allylic oxidation sites excluding steroid dienone is 5. The first-order valence-corrected chi connectivity index (χ1v) is 4.85. The van der Waals surface area contributed by atoms with Crippen LogP contribution in [-0.2, 0) is 4.65 Å². The van der Waals surface area contributed by atoms with Crippen molar-refractivity contribution in [3.05, 3.63) is 35.6 Å². The van der Waals surface area contributed by atoms with E-state index in [4.69, 9.17) is 4.65 Å². The zero-order chi connectivity index (χ0) is 8.84. The van der Waals surface area contributed by atoms with Crippen molar-refractivity contribution in [3.63, 3.8) is 0 Å². The number of rotatable bonds is 0. The Kier molecular flexibility index (Phi) is 1.44. The number of fused-ring (bicyclic) bond motifs is 2. The summed E-state index contributed by atoms with van der Waals surface area (Å²) in [6, 6.07) is 0. The van der Waals surface area contributed by atoms with Gasteiger partial charge in [-0.05, 0) is 18.8 Å². The van der Waals surface area contributed by atoms with E-state index in [2.05, 4.69) is 36.4 Å². The Morgan fingerprint density at radius 2 is 2.46 bits per heavy atom. The van der Waals surface area contributed by atoms with Gasteiger partial charge in [-0.3, -0.25) is 0 Å². The molecular weight excluding hydrogens is 161 g/mol. The van der Waals surface area contributed by atoms with Gasteiger partial charge >= 0.3 is 7.05 Å². The second-order valence-electron chi connectivity index (χ2n) is 3.87. The third kappa shape index (κ3) is 1.00. The van der Waals surface area contributed by atoms with Crippen LogP contribution in [0.5, 0.6) is 0 Å². The van der Waals surface area contributed by atoms with Crippen LogP contribution in [0.15, 0.2) is 35.6 Å². The molecule has 3 heteroatoms. The minimum atomic E-state index is 0.188. The highest BCUT2D eigenvalue weighted by atomic mass is 16.5. The van der Waals surface area contributed by atoms with Crippen LogP contribution >= 0.6 is 0 Å². The monoisotopic (exact) mass is 173 g/mol. The summed E-state index contributed by atoms with van der Waals surface area (Å²) in [7, 11) is 0.188. The van der Waals surface area contributed by atoms with Crippen molar-refractivity contribution >= 4 is 7.05 Å². The molecule has 1 N–H and O–H groups in total. The van der Waals surface area contributed by atoms with Crippen molar-refractivity contribution in [2.45, 2.75) is 19.3 Å². The molecule has 0 aromatic heterocycles. The van der Waals surface area contributed by atoms with E-state index in [-0.39, 0.29) is 7.05 Å². The van der Waals surface area contributed by atoms with Crippen LogP contribution in [0, 0.1) is 5.92 Å². The summed E-state index contributed by atoms with van der Waals surface area (Å²) in [5.74, 6) is 0.588. The summed E-state index contributed by atoms with van der Waals surface area (Å²) >= 11 is 0. The molecular formula is C10H12BNO. The maximum atomic E-state index is 5.74. The summed E-state index contributed by atoms with van der Waals surface area (Å²) in [5.41, 5.74) is 2.75. The van der Waals surface area contributed by atoms with Crippen molar-refractivity contribution in [1.82, 2.24) is 5.23 Å². The van der Waals surface area contributed by atoms with E-state index in [0.29, 0.717) is 12.0 Å². The second-order valence-corrected chi connectivity index (χ2v) is 3.87. The Labute approximate surface area is 78.5 Å². The Morgan fingerprint density at radius 3 is 3.38 bits per heavy atom. The van der Waals surface area contributed by atoms with E-state index >= 15 is 0 Å². The van der Waals surface area contributed by atoms with E-state index in [0.717, 1.165) is 6.42 Å². The molecule has 0 bridgehead atoms. The molecule has 0 aromatic carbocycles. The second kappa shape index (κ2) is 2.52. The lowest BCUT2D eigenvalue weighted by Crippen LogP contribution is -2.24. The van der Waals surface area contributed by atoms with E-state index < -0.39 is 0 Å². The lowest BCUT2D eigenvalue weighted by atomic mass is 9.88. The highest BCUT2D eigenvalue weighted by molar-refractivity contribution is 6.48. The molecule has 0 spiro atoms. The van der Waals surface area contributed by atoms with Gasteiger partial charge in [-0.15, -0.1) is 0 Å². The quantitative estimate of drug-likeness (QED) is 0.560. The topological polar surface area (TPSA) is 21.3 Å². The predicted octanol–water partition coefficient (Wildman–Crippen LogP) is 1.49. The van der Waals surface area contributed by atoms with E-state index in [1.54, 1.807) is 0 Å². The summed E-state index contributed by atoms with van der Waals surface area (Å²) < 4.78 is 5.74. The molecule has 0 saturated carbocycles. The lowest BCUT2D eigenvalue weighted by Gasteiger charge is -2.12. The summed E-state index contributed by atoms with van der Waals surface area (Å²) in [4.78, 5) is 0. The van der Waals surface area contributed by atoms with Crippen LogP contribution in [0.25, 0.3) is 0 Å². The maximum absolute atomic E-state index is 5.74. The fraction of sp³-hybridized carbons (Fsp3) is 0.400. The van der Waals surface area contributed by atoms with E-state index in [1.807, 2.05) is 0 Å². The first-order valence-electron chi connectivity index (χ1n) is 4.85. The zero-order valence-corrected chi connectivity index (χ0v) is 7.66. The first-order chi connectivity index (χ1) is 6.34. The van der Waals surface area contributed by atoms with Gasteiger partial charge < -0.3 is 9.88 Å². The van der Waals surface area contributed by atoms with Crippen LogP contribution in [0.3, 0.4) is 0 Å². The Bertz CT molecular complexity index is 332. The zero-order valence-electron chi connectivity index (χ0n) is 7.66. The lowest BCUT2D eigenvalue weighted by molar-refractivity contribution is 0.256. The van der Waals surface area contributed by atoms with E-state index in [9.17, 15) is 0 Å². The molecule has 3 aliphatic rings. The highest BCUT2D eigenvalue weighted by Crippen LogP contribution is 2.38. The fourth-order valence-corrected chi connectivity index (χ4v) is 2.41. The molecule has 2 nitrogen and oxygen atoms in total. The third-order valence-corrected chi connectivity index (χ3v) is 2.96.